The van der Waals surface area contributed by atoms with E-state index in [-0.39, 0.29) is 63.4 Å². The molecule has 0 radical (unpaired) electrons. The van der Waals surface area contributed by atoms with Gasteiger partial charge in [0.2, 0.25) is 5.91 Å². The maximum absolute atomic E-state index is 13.0. The van der Waals surface area contributed by atoms with Crippen molar-refractivity contribution >= 4 is 74.4 Å². The van der Waals surface area contributed by atoms with E-state index < -0.39 is 53.8 Å². The molecule has 3 aliphatic rings. The fourth-order valence-electron chi connectivity index (χ4n) is 11.6. The number of aliphatic carboxylic acids is 3. The highest BCUT2D eigenvalue weighted by atomic mass is 32.2. The van der Waals surface area contributed by atoms with E-state index in [2.05, 4.69) is 160 Å². The fraction of sp³-hybridized carbons (Fsp3) is 0.512. The zero-order valence-corrected chi connectivity index (χ0v) is 65.3. The van der Waals surface area contributed by atoms with Crippen LogP contribution in [0.1, 0.15) is 184 Å². The third kappa shape index (κ3) is 32.2. The van der Waals surface area contributed by atoms with Gasteiger partial charge in [0.25, 0.3) is 0 Å². The second-order valence-corrected chi connectivity index (χ2v) is 31.5. The highest BCUT2D eigenvalue weighted by Crippen LogP contribution is 2.34. The number of ether oxygens (including phenoxy) is 3. The summed E-state index contributed by atoms with van der Waals surface area (Å²) < 4.78 is 17.1. The Labute approximate surface area is 622 Å². The monoisotopic (exact) mass is 1460 g/mol. The first-order chi connectivity index (χ1) is 48.4. The molecule has 0 spiro atoms. The van der Waals surface area contributed by atoms with Crippen molar-refractivity contribution in [2.24, 2.45) is 41.4 Å². The summed E-state index contributed by atoms with van der Waals surface area (Å²) in [6, 6.07) is 33.1. The maximum atomic E-state index is 13.0. The van der Waals surface area contributed by atoms with Crippen LogP contribution in [0.3, 0.4) is 0 Å². The van der Waals surface area contributed by atoms with Crippen LogP contribution in [0.15, 0.2) is 160 Å². The number of carbonyl (C=O) groups is 7. The molecule has 3 aliphatic heterocycles. The molecule has 7 N–H and O–H groups in total. The minimum Gasteiger partial charge on any atom is -0.481 e. The maximum Gasteiger partial charge on any atom is 0.310 e. The lowest BCUT2D eigenvalue weighted by Crippen LogP contribution is -2.51. The number of nitrogens with one attached hydrogen (secondary N) is 1. The molecule has 15 nitrogen and oxygen atoms in total. The van der Waals surface area contributed by atoms with E-state index in [0.717, 1.165) is 72.4 Å². The molecular weight excluding hydrogens is 1340 g/mol. The van der Waals surface area contributed by atoms with Gasteiger partial charge in [0, 0.05) is 18.1 Å². The van der Waals surface area contributed by atoms with Gasteiger partial charge in [-0.05, 0) is 126 Å². The van der Waals surface area contributed by atoms with Gasteiger partial charge in [0.1, 0.15) is 0 Å². The molecule has 4 aromatic carbocycles. The quantitative estimate of drug-likeness (QED) is 0.0225. The Kier molecular flexibility index (Phi) is 41.9. The second-order valence-electron chi connectivity index (χ2n) is 28.2. The molecule has 0 saturated carbocycles. The van der Waals surface area contributed by atoms with Crippen molar-refractivity contribution in [3.8, 4) is 0 Å². The van der Waals surface area contributed by atoms with E-state index >= 15 is 0 Å². The predicted octanol–water partition coefficient (Wildman–Crippen LogP) is 16.4. The zero-order chi connectivity index (χ0) is 76.2. The van der Waals surface area contributed by atoms with Crippen LogP contribution in [0.4, 0.5) is 0 Å². The number of hydrogen-bond acceptors (Lipinski definition) is 13. The number of quaternary nitrogens is 1. The summed E-state index contributed by atoms with van der Waals surface area (Å²) in [5.41, 5.74) is 13.1. The van der Waals surface area contributed by atoms with Gasteiger partial charge in [0.05, 0.1) is 90.3 Å². The summed E-state index contributed by atoms with van der Waals surface area (Å²) in [5, 5.41) is 30.6. The van der Waals surface area contributed by atoms with Gasteiger partial charge in [-0.3, -0.25) is 33.6 Å². The Morgan fingerprint density at radius 3 is 1.06 bits per heavy atom. The smallest absolute Gasteiger partial charge is 0.310 e. The number of thioether (sulfide) groups is 3. The van der Waals surface area contributed by atoms with Crippen molar-refractivity contribution in [2.45, 2.75) is 202 Å². The SMILES string of the molecule is C=CC1CC(C(=O)NCCSC(=O)C(C)c2ccc(CC(C)C)cc2)C(/C=C\C2CC(C(=O)O)C(C=C)O2)O1.C=CC1CC(C(=O)O)C(C=C)O1.CC(C)Cc1ccc(C(C)C(=O)O)cc1.CC(C)Cc1ccc(C(C)C(=O)SCC[NH3+])cc1.CCCSC(=O)C(C)c1ccc(CC(C)C)cc1. The van der Waals surface area contributed by atoms with E-state index in [1.807, 2.05) is 57.2 Å². The minimum atomic E-state index is -0.915. The number of benzene rings is 4. The average Bonchev–Trinajstić information content (AvgIpc) is 1.69. The molecular formula is C84H119N2O13S3+. The normalized spacial score (nSPS) is 20.9. The molecule has 1 amide bonds. The molecule has 0 aliphatic carbocycles. The van der Waals surface area contributed by atoms with Crippen LogP contribution in [0, 0.1) is 41.4 Å². The number of carboxylic acid groups (broad SMARTS) is 3. The van der Waals surface area contributed by atoms with Gasteiger partial charge in [-0.2, -0.15) is 0 Å². The number of hydrogen-bond donors (Lipinski definition) is 5. The summed E-state index contributed by atoms with van der Waals surface area (Å²) in [6.45, 7) is 43.0. The van der Waals surface area contributed by atoms with E-state index in [0.29, 0.717) is 55.2 Å². The van der Waals surface area contributed by atoms with Crippen LogP contribution in [0.2, 0.25) is 0 Å². The lowest BCUT2D eigenvalue weighted by molar-refractivity contribution is -0.360. The van der Waals surface area contributed by atoms with Gasteiger partial charge >= 0.3 is 17.9 Å². The van der Waals surface area contributed by atoms with Crippen molar-refractivity contribution in [1.82, 2.24) is 5.32 Å². The summed E-state index contributed by atoms with van der Waals surface area (Å²) in [4.78, 5) is 82.4. The number of carboxylic acids is 3. The fourth-order valence-corrected chi connectivity index (χ4v) is 14.0. The first-order valence-corrected chi connectivity index (χ1v) is 39.1. The van der Waals surface area contributed by atoms with E-state index in [1.54, 1.807) is 31.2 Å². The van der Waals surface area contributed by atoms with Crippen molar-refractivity contribution in [1.29, 1.82) is 0 Å². The molecule has 3 fully saturated rings. The van der Waals surface area contributed by atoms with Crippen molar-refractivity contribution < 1.29 is 68.8 Å². The molecule has 0 aromatic heterocycles. The van der Waals surface area contributed by atoms with Gasteiger partial charge in [-0.1, -0.05) is 252 Å². The number of carbonyl (C=O) groups excluding carboxylic acids is 4. The lowest BCUT2D eigenvalue weighted by atomic mass is 9.96. The molecule has 3 heterocycles. The minimum absolute atomic E-state index is 0.00894. The summed E-state index contributed by atoms with van der Waals surface area (Å²) in [5.74, 6) is -0.0499. The molecule has 560 valence electrons. The highest BCUT2D eigenvalue weighted by Gasteiger charge is 2.40. The standard InChI is InChI=1S/C31H41NO6S.C16H24OS.C15H23NOS.C13H18O2.C9H12O3/c1-6-23-17-25(28(37-23)13-12-24-18-26(30(34)35)27(7-2)38-24)29(33)32-14-15-39-31(36)20(5)22-10-8-21(9-11-22)16-19(3)4;1-5-10-18-16(17)13(4)15-8-6-14(7-9-15)11-12(2)3;1-11(2)10-13-4-6-14(7-5-13)12(3)15(17)18-9-8-16;1-9(2)8-11-4-6-12(7-5-11)10(3)13(14)15;1-3-6-5-7(9(10)11)8(4-2)12-6/h6-13,19-20,23-28H,1-2,14-18H2,3-5H3,(H,32,33)(H,34,35);6-9,12-13H,5,10-11H2,1-4H3;4-7,11-12H,8-10,16H2,1-3H3;4-7,9-10H,8H2,1-3H3,(H,14,15);3-4,6-8H,1-2,5H2,(H,10,11)/p+1/b13-12-;;;;. The van der Waals surface area contributed by atoms with Crippen LogP contribution in [-0.2, 0) is 73.5 Å². The predicted molar refractivity (Wildman–Crippen MR) is 420 cm³/mol. The average molecular weight is 1460 g/mol. The van der Waals surface area contributed by atoms with E-state index in [9.17, 15) is 38.7 Å². The molecule has 13 unspecified atom stereocenters. The van der Waals surface area contributed by atoms with Crippen LogP contribution in [-0.4, -0.2) is 121 Å². The molecule has 0 bridgehead atoms. The Morgan fingerprint density at radius 1 is 0.441 bits per heavy atom. The van der Waals surface area contributed by atoms with Crippen molar-refractivity contribution in [3.05, 3.63) is 204 Å². The van der Waals surface area contributed by atoms with Crippen LogP contribution in [0.5, 0.6) is 0 Å². The van der Waals surface area contributed by atoms with E-state index in [1.165, 1.54) is 69.7 Å². The molecule has 18 heteroatoms. The van der Waals surface area contributed by atoms with Crippen molar-refractivity contribution in [2.75, 3.05) is 30.3 Å². The van der Waals surface area contributed by atoms with Crippen LogP contribution in [0.25, 0.3) is 0 Å². The summed E-state index contributed by atoms with van der Waals surface area (Å²) in [7, 11) is 0. The van der Waals surface area contributed by atoms with Crippen LogP contribution < -0.4 is 11.1 Å². The van der Waals surface area contributed by atoms with Crippen molar-refractivity contribution in [3.63, 3.8) is 0 Å². The van der Waals surface area contributed by atoms with E-state index in [4.69, 9.17) is 24.4 Å². The highest BCUT2D eigenvalue weighted by molar-refractivity contribution is 8.14. The molecule has 102 heavy (non-hydrogen) atoms. The number of rotatable bonds is 32. The third-order valence-electron chi connectivity index (χ3n) is 17.5. The van der Waals surface area contributed by atoms with Gasteiger partial charge in [-0.15, -0.1) is 26.3 Å². The number of amides is 1. The largest absolute Gasteiger partial charge is 0.481 e. The zero-order valence-electron chi connectivity index (χ0n) is 62.9. The summed E-state index contributed by atoms with van der Waals surface area (Å²) in [6.07, 6.45) is 14.4. The molecule has 4 aromatic rings. The Hall–Kier alpha value is -6.64. The van der Waals surface area contributed by atoms with Gasteiger partial charge in [0.15, 0.2) is 15.3 Å². The molecule has 3 saturated heterocycles. The van der Waals surface area contributed by atoms with Gasteiger partial charge in [-0.25, -0.2) is 0 Å². The molecule has 7 rings (SSSR count). The van der Waals surface area contributed by atoms with Crippen LogP contribution >= 0.6 is 35.3 Å². The first kappa shape index (κ1) is 89.6. The topological polar surface area (TPSA) is 248 Å². The Balaban J connectivity index is 0.000000360. The third-order valence-corrected chi connectivity index (χ3v) is 21.0. The Bertz CT molecular complexity index is 3200. The molecule has 13 atom stereocenters. The Morgan fingerprint density at radius 2 is 0.755 bits per heavy atom. The second kappa shape index (κ2) is 47.7. The first-order valence-electron chi connectivity index (χ1n) is 36.2. The lowest BCUT2D eigenvalue weighted by Gasteiger charge is -2.16. The summed E-state index contributed by atoms with van der Waals surface area (Å²) >= 11 is 4.08. The van der Waals surface area contributed by atoms with Gasteiger partial charge < -0.3 is 40.6 Å².